The van der Waals surface area contributed by atoms with Gasteiger partial charge in [-0.05, 0) is 39.3 Å². The number of rotatable bonds is 3. The lowest BCUT2D eigenvalue weighted by atomic mass is 9.84. The highest BCUT2D eigenvalue weighted by molar-refractivity contribution is 5.92. The SMILES string of the molecule is CC(C)n1cc(C(C)(C)C(=O)O)c2cccc(F)c21. The molecule has 0 saturated heterocycles. The largest absolute Gasteiger partial charge is 0.481 e. The van der Waals surface area contributed by atoms with Crippen molar-refractivity contribution in [3.8, 4) is 0 Å². The van der Waals surface area contributed by atoms with Crippen molar-refractivity contribution < 1.29 is 14.3 Å². The van der Waals surface area contributed by atoms with Crippen molar-refractivity contribution in [2.75, 3.05) is 0 Å². The van der Waals surface area contributed by atoms with E-state index in [0.717, 1.165) is 0 Å². The minimum atomic E-state index is -1.05. The Morgan fingerprint density at radius 2 is 2.00 bits per heavy atom. The molecule has 0 atom stereocenters. The number of benzene rings is 1. The van der Waals surface area contributed by atoms with E-state index in [1.807, 2.05) is 13.8 Å². The molecule has 0 aliphatic rings. The normalized spacial score (nSPS) is 12.3. The molecule has 102 valence electrons. The molecule has 0 fully saturated rings. The second kappa shape index (κ2) is 4.37. The lowest BCUT2D eigenvalue weighted by Crippen LogP contribution is -2.28. The Labute approximate surface area is 111 Å². The monoisotopic (exact) mass is 263 g/mol. The van der Waals surface area contributed by atoms with E-state index >= 15 is 0 Å². The number of aliphatic carboxylic acids is 1. The van der Waals surface area contributed by atoms with Gasteiger partial charge in [0.2, 0.25) is 0 Å². The third kappa shape index (κ3) is 2.01. The third-order valence-electron chi connectivity index (χ3n) is 3.57. The van der Waals surface area contributed by atoms with Crippen LogP contribution in [0.15, 0.2) is 24.4 Å². The van der Waals surface area contributed by atoms with Gasteiger partial charge >= 0.3 is 5.97 Å². The number of carboxylic acid groups (broad SMARTS) is 1. The van der Waals surface area contributed by atoms with Gasteiger partial charge in [-0.1, -0.05) is 12.1 Å². The highest BCUT2D eigenvalue weighted by atomic mass is 19.1. The van der Waals surface area contributed by atoms with Gasteiger partial charge < -0.3 is 9.67 Å². The lowest BCUT2D eigenvalue weighted by Gasteiger charge is -2.18. The van der Waals surface area contributed by atoms with Gasteiger partial charge in [-0.2, -0.15) is 0 Å². The van der Waals surface area contributed by atoms with Gasteiger partial charge in [0.1, 0.15) is 5.82 Å². The van der Waals surface area contributed by atoms with Crippen molar-refractivity contribution in [3.63, 3.8) is 0 Å². The van der Waals surface area contributed by atoms with Crippen molar-refractivity contribution in [1.82, 2.24) is 4.57 Å². The maximum Gasteiger partial charge on any atom is 0.313 e. The number of hydrogen-bond donors (Lipinski definition) is 1. The van der Waals surface area contributed by atoms with Gasteiger partial charge in [0.25, 0.3) is 0 Å². The molecule has 0 aliphatic heterocycles. The molecule has 4 heteroatoms. The minimum Gasteiger partial charge on any atom is -0.481 e. The number of hydrogen-bond acceptors (Lipinski definition) is 1. The second-order valence-corrected chi connectivity index (χ2v) is 5.61. The van der Waals surface area contributed by atoms with Crippen LogP contribution < -0.4 is 0 Å². The van der Waals surface area contributed by atoms with Gasteiger partial charge in [-0.15, -0.1) is 0 Å². The van der Waals surface area contributed by atoms with E-state index in [9.17, 15) is 14.3 Å². The van der Waals surface area contributed by atoms with Gasteiger partial charge in [0.05, 0.1) is 10.9 Å². The van der Waals surface area contributed by atoms with Crippen LogP contribution in [-0.2, 0) is 10.2 Å². The zero-order chi connectivity index (χ0) is 14.4. The maximum atomic E-state index is 14.0. The molecule has 0 radical (unpaired) electrons. The maximum absolute atomic E-state index is 14.0. The lowest BCUT2D eigenvalue weighted by molar-refractivity contribution is -0.142. The van der Waals surface area contributed by atoms with Gasteiger partial charge in [-0.3, -0.25) is 4.79 Å². The molecule has 1 aromatic heterocycles. The van der Waals surface area contributed by atoms with Crippen LogP contribution in [0, 0.1) is 5.82 Å². The average Bonchev–Trinajstić information content (AvgIpc) is 2.70. The number of aromatic nitrogens is 1. The fourth-order valence-corrected chi connectivity index (χ4v) is 2.29. The summed E-state index contributed by atoms with van der Waals surface area (Å²) in [4.78, 5) is 11.4. The summed E-state index contributed by atoms with van der Waals surface area (Å²) in [5.41, 5.74) is 0.0663. The molecule has 1 N–H and O–H groups in total. The smallest absolute Gasteiger partial charge is 0.313 e. The standard InChI is InChI=1S/C15H18FNO2/c1-9(2)17-8-11(15(3,4)14(18)19)10-6-5-7-12(16)13(10)17/h5-9H,1-4H3,(H,18,19). The predicted molar refractivity (Wildman–Crippen MR) is 72.9 cm³/mol. The summed E-state index contributed by atoms with van der Waals surface area (Å²) in [5, 5.41) is 10.0. The van der Waals surface area contributed by atoms with Crippen LogP contribution in [0.5, 0.6) is 0 Å². The van der Waals surface area contributed by atoms with Crippen molar-refractivity contribution in [2.45, 2.75) is 39.2 Å². The molecule has 2 rings (SSSR count). The van der Waals surface area contributed by atoms with Crippen LogP contribution in [0.2, 0.25) is 0 Å². The highest BCUT2D eigenvalue weighted by Gasteiger charge is 2.33. The number of carbonyl (C=O) groups is 1. The fraction of sp³-hybridized carbons (Fsp3) is 0.400. The summed E-state index contributed by atoms with van der Waals surface area (Å²) >= 11 is 0. The van der Waals surface area contributed by atoms with E-state index in [2.05, 4.69) is 0 Å². The molecular weight excluding hydrogens is 245 g/mol. The number of fused-ring (bicyclic) bond motifs is 1. The van der Waals surface area contributed by atoms with E-state index in [0.29, 0.717) is 16.5 Å². The molecule has 1 heterocycles. The third-order valence-corrected chi connectivity index (χ3v) is 3.57. The fourth-order valence-electron chi connectivity index (χ4n) is 2.29. The van der Waals surface area contributed by atoms with Crippen molar-refractivity contribution in [2.24, 2.45) is 0 Å². The summed E-state index contributed by atoms with van der Waals surface area (Å²) in [6.45, 7) is 7.17. The molecule has 0 spiro atoms. The van der Waals surface area contributed by atoms with Crippen molar-refractivity contribution >= 4 is 16.9 Å². The average molecular weight is 263 g/mol. The molecule has 2 aromatic rings. The van der Waals surface area contributed by atoms with Gasteiger partial charge in [0.15, 0.2) is 0 Å². The van der Waals surface area contributed by atoms with Gasteiger partial charge in [-0.25, -0.2) is 4.39 Å². The summed E-state index contributed by atoms with van der Waals surface area (Å²) in [5.74, 6) is -1.24. The zero-order valence-electron chi connectivity index (χ0n) is 11.6. The predicted octanol–water partition coefficient (Wildman–Crippen LogP) is 3.72. The number of nitrogens with zero attached hydrogens (tertiary/aromatic N) is 1. The first-order chi connectivity index (χ1) is 8.76. The quantitative estimate of drug-likeness (QED) is 0.917. The Hall–Kier alpha value is -1.84. The number of para-hydroxylation sites is 1. The van der Waals surface area contributed by atoms with Crippen LogP contribution >= 0.6 is 0 Å². The Morgan fingerprint density at radius 1 is 1.37 bits per heavy atom. The van der Waals surface area contributed by atoms with Crippen molar-refractivity contribution in [3.05, 3.63) is 35.8 Å². The summed E-state index contributed by atoms with van der Waals surface area (Å²) in [6, 6.07) is 4.86. The second-order valence-electron chi connectivity index (χ2n) is 5.61. The van der Waals surface area contributed by atoms with Crippen LogP contribution in [0.3, 0.4) is 0 Å². The zero-order valence-corrected chi connectivity index (χ0v) is 11.6. The van der Waals surface area contributed by atoms with E-state index < -0.39 is 11.4 Å². The molecule has 3 nitrogen and oxygen atoms in total. The Kier molecular flexibility index (Phi) is 3.12. The Balaban J connectivity index is 2.85. The molecule has 0 aliphatic carbocycles. The molecule has 0 saturated carbocycles. The molecular formula is C15H18FNO2. The summed E-state index contributed by atoms with van der Waals surface area (Å²) in [6.07, 6.45) is 1.76. The van der Waals surface area contributed by atoms with E-state index in [1.54, 1.807) is 36.7 Å². The minimum absolute atomic E-state index is 0.0674. The van der Waals surface area contributed by atoms with Gasteiger partial charge in [0, 0.05) is 17.6 Å². The van der Waals surface area contributed by atoms with Crippen LogP contribution in [0.4, 0.5) is 4.39 Å². The molecule has 0 amide bonds. The van der Waals surface area contributed by atoms with Crippen LogP contribution in [0.25, 0.3) is 10.9 Å². The first-order valence-corrected chi connectivity index (χ1v) is 6.29. The number of carboxylic acids is 1. The van der Waals surface area contributed by atoms with E-state index in [-0.39, 0.29) is 11.9 Å². The molecule has 19 heavy (non-hydrogen) atoms. The highest BCUT2D eigenvalue weighted by Crippen LogP contribution is 2.34. The van der Waals surface area contributed by atoms with Crippen molar-refractivity contribution in [1.29, 1.82) is 0 Å². The first-order valence-electron chi connectivity index (χ1n) is 6.29. The first kappa shape index (κ1) is 13.6. The molecule has 1 aromatic carbocycles. The topological polar surface area (TPSA) is 42.2 Å². The number of halogens is 1. The molecule has 0 bridgehead atoms. The Morgan fingerprint density at radius 3 is 2.53 bits per heavy atom. The van der Waals surface area contributed by atoms with Crippen LogP contribution in [-0.4, -0.2) is 15.6 Å². The van der Waals surface area contributed by atoms with E-state index in [1.165, 1.54) is 6.07 Å². The summed E-state index contributed by atoms with van der Waals surface area (Å²) in [7, 11) is 0. The van der Waals surface area contributed by atoms with Crippen LogP contribution in [0.1, 0.15) is 39.3 Å². The van der Waals surface area contributed by atoms with E-state index in [4.69, 9.17) is 0 Å². The Bertz CT molecular complexity index is 641. The summed E-state index contributed by atoms with van der Waals surface area (Å²) < 4.78 is 15.8. The molecule has 0 unspecified atom stereocenters.